The summed E-state index contributed by atoms with van der Waals surface area (Å²) in [6.45, 7) is 0.468. The van der Waals surface area contributed by atoms with Crippen LogP contribution in [0.25, 0.3) is 0 Å². The van der Waals surface area contributed by atoms with Gasteiger partial charge in [0, 0.05) is 16.9 Å². The highest BCUT2D eigenvalue weighted by atomic mass is 79.9. The van der Waals surface area contributed by atoms with Crippen LogP contribution in [-0.2, 0) is 11.2 Å². The van der Waals surface area contributed by atoms with Crippen LogP contribution >= 0.6 is 27.3 Å². The quantitative estimate of drug-likeness (QED) is 0.648. The number of hydrogen-bond acceptors (Lipinski definition) is 3. The van der Waals surface area contributed by atoms with Gasteiger partial charge in [-0.1, -0.05) is 22.0 Å². The summed E-state index contributed by atoms with van der Waals surface area (Å²) in [5.41, 5.74) is 0.638. The molecule has 2 N–H and O–H groups in total. The number of halogens is 2. The fraction of sp³-hybridized carbons (Fsp3) is 0.333. The molecule has 1 fully saturated rings. The molecule has 0 bridgehead atoms. The van der Waals surface area contributed by atoms with E-state index in [-0.39, 0.29) is 23.5 Å². The number of amides is 2. The third-order valence-electron chi connectivity index (χ3n) is 3.95. The van der Waals surface area contributed by atoms with E-state index in [9.17, 15) is 14.0 Å². The van der Waals surface area contributed by atoms with E-state index in [1.165, 1.54) is 17.4 Å². The van der Waals surface area contributed by atoms with E-state index in [0.29, 0.717) is 39.3 Å². The Bertz CT molecular complexity index is 789. The molecule has 0 radical (unpaired) electrons. The van der Waals surface area contributed by atoms with Crippen LogP contribution in [0.2, 0.25) is 0 Å². The van der Waals surface area contributed by atoms with Gasteiger partial charge in [-0.2, -0.15) is 0 Å². The number of thiophene rings is 1. The highest BCUT2D eigenvalue weighted by Crippen LogP contribution is 2.31. The van der Waals surface area contributed by atoms with Crippen LogP contribution in [0.3, 0.4) is 0 Å². The van der Waals surface area contributed by atoms with Gasteiger partial charge >= 0.3 is 0 Å². The average molecular weight is 425 g/mol. The first-order chi connectivity index (χ1) is 12.0. The number of carbonyl (C=O) groups excluding carboxylic acids is 2. The summed E-state index contributed by atoms with van der Waals surface area (Å²) in [6.07, 6.45) is 3.11. The lowest BCUT2D eigenvalue weighted by Crippen LogP contribution is -2.23. The number of hydrogen-bond donors (Lipinski definition) is 2. The number of benzene rings is 1. The van der Waals surface area contributed by atoms with Crippen LogP contribution in [0.4, 0.5) is 9.39 Å². The van der Waals surface area contributed by atoms with Crippen molar-refractivity contribution in [2.24, 2.45) is 5.92 Å². The fourth-order valence-corrected chi connectivity index (χ4v) is 3.55. The Balaban J connectivity index is 1.43. The van der Waals surface area contributed by atoms with Crippen molar-refractivity contribution in [1.82, 2.24) is 5.32 Å². The largest absolute Gasteiger partial charge is 0.351 e. The van der Waals surface area contributed by atoms with Gasteiger partial charge in [-0.25, -0.2) is 4.39 Å². The van der Waals surface area contributed by atoms with Crippen LogP contribution in [0.15, 0.2) is 34.8 Å². The van der Waals surface area contributed by atoms with Gasteiger partial charge in [0.25, 0.3) is 5.91 Å². The third-order valence-corrected chi connectivity index (χ3v) is 5.44. The molecule has 2 amide bonds. The Kier molecular flexibility index (Phi) is 5.86. The van der Waals surface area contributed by atoms with Crippen molar-refractivity contribution >= 4 is 44.1 Å². The minimum absolute atomic E-state index is 0.0327. The summed E-state index contributed by atoms with van der Waals surface area (Å²) in [5, 5.41) is 6.36. The summed E-state index contributed by atoms with van der Waals surface area (Å²) in [6, 6.07) is 8.44. The van der Waals surface area contributed by atoms with Gasteiger partial charge in [0.15, 0.2) is 0 Å². The van der Waals surface area contributed by atoms with Crippen molar-refractivity contribution in [3.8, 4) is 0 Å². The molecule has 132 valence electrons. The lowest BCUT2D eigenvalue weighted by Gasteiger charge is -2.05. The van der Waals surface area contributed by atoms with E-state index >= 15 is 0 Å². The zero-order valence-electron chi connectivity index (χ0n) is 13.5. The van der Waals surface area contributed by atoms with E-state index in [2.05, 4.69) is 26.6 Å². The Hall–Kier alpha value is -1.73. The van der Waals surface area contributed by atoms with Crippen molar-refractivity contribution in [1.29, 1.82) is 0 Å². The first-order valence-electron chi connectivity index (χ1n) is 8.16. The van der Waals surface area contributed by atoms with E-state index in [1.54, 1.807) is 24.3 Å². The van der Waals surface area contributed by atoms with Gasteiger partial charge in [0.2, 0.25) is 5.91 Å². The molecule has 1 aromatic heterocycles. The van der Waals surface area contributed by atoms with Crippen LogP contribution < -0.4 is 10.6 Å². The van der Waals surface area contributed by atoms with Crippen molar-refractivity contribution in [2.75, 3.05) is 11.9 Å². The molecule has 25 heavy (non-hydrogen) atoms. The number of nitrogens with one attached hydrogen (secondary N) is 2. The fourth-order valence-electron chi connectivity index (χ4n) is 2.39. The molecule has 0 atom stereocenters. The number of carbonyl (C=O) groups is 2. The second-order valence-electron chi connectivity index (χ2n) is 6.02. The Morgan fingerprint density at radius 1 is 1.24 bits per heavy atom. The Labute approximate surface area is 157 Å². The third kappa shape index (κ3) is 5.12. The van der Waals surface area contributed by atoms with Gasteiger partial charge in [-0.15, -0.1) is 11.3 Å². The molecular formula is C18H18BrFN2O2S. The minimum Gasteiger partial charge on any atom is -0.351 e. The molecule has 1 aromatic carbocycles. The van der Waals surface area contributed by atoms with E-state index in [1.807, 2.05) is 0 Å². The maximum Gasteiger partial charge on any atom is 0.261 e. The molecule has 2 aromatic rings. The molecule has 1 heterocycles. The zero-order chi connectivity index (χ0) is 17.8. The molecule has 1 aliphatic rings. The maximum absolute atomic E-state index is 13.7. The predicted molar refractivity (Wildman–Crippen MR) is 100 cm³/mol. The highest BCUT2D eigenvalue weighted by molar-refractivity contribution is 9.10. The molecule has 0 aliphatic heterocycles. The average Bonchev–Trinajstić information content (AvgIpc) is 3.33. The summed E-state index contributed by atoms with van der Waals surface area (Å²) in [7, 11) is 0. The second-order valence-corrected chi connectivity index (χ2v) is 8.02. The molecule has 0 saturated heterocycles. The van der Waals surface area contributed by atoms with Crippen molar-refractivity contribution in [3.63, 3.8) is 0 Å². The SMILES string of the molecule is O=C(NCCCc1ccc(Br)cc1F)c1ccc(NC(=O)C2CC2)s1. The van der Waals surface area contributed by atoms with Crippen molar-refractivity contribution in [2.45, 2.75) is 25.7 Å². The van der Waals surface area contributed by atoms with Gasteiger partial charge in [0.1, 0.15) is 5.82 Å². The van der Waals surface area contributed by atoms with E-state index in [0.717, 1.165) is 12.8 Å². The molecule has 0 unspecified atom stereocenters. The Morgan fingerprint density at radius 2 is 2.04 bits per heavy atom. The summed E-state index contributed by atoms with van der Waals surface area (Å²) in [5.74, 6) is -0.244. The minimum atomic E-state index is -0.241. The first-order valence-corrected chi connectivity index (χ1v) is 9.76. The van der Waals surface area contributed by atoms with Crippen molar-refractivity contribution < 1.29 is 14.0 Å². The maximum atomic E-state index is 13.7. The molecule has 1 saturated carbocycles. The van der Waals surface area contributed by atoms with Gasteiger partial charge in [-0.3, -0.25) is 9.59 Å². The first kappa shape index (κ1) is 18.1. The van der Waals surface area contributed by atoms with Crippen LogP contribution in [0.5, 0.6) is 0 Å². The molecule has 0 spiro atoms. The second kappa shape index (κ2) is 8.10. The number of rotatable bonds is 7. The highest BCUT2D eigenvalue weighted by Gasteiger charge is 2.29. The topological polar surface area (TPSA) is 58.2 Å². The van der Waals surface area contributed by atoms with Crippen LogP contribution in [0, 0.1) is 11.7 Å². The lowest BCUT2D eigenvalue weighted by molar-refractivity contribution is -0.117. The Morgan fingerprint density at radius 3 is 2.76 bits per heavy atom. The molecule has 7 heteroatoms. The van der Waals surface area contributed by atoms with E-state index in [4.69, 9.17) is 0 Å². The lowest BCUT2D eigenvalue weighted by atomic mass is 10.1. The standard InChI is InChI=1S/C18H18BrFN2O2S/c19-13-6-5-11(14(20)10-13)2-1-9-21-18(24)15-7-8-16(25-15)22-17(23)12-3-4-12/h5-8,10,12H,1-4,9H2,(H,21,24)(H,22,23). The van der Waals surface area contributed by atoms with Gasteiger partial charge < -0.3 is 10.6 Å². The van der Waals surface area contributed by atoms with Crippen LogP contribution in [0.1, 0.15) is 34.5 Å². The van der Waals surface area contributed by atoms with E-state index < -0.39 is 0 Å². The van der Waals surface area contributed by atoms with Gasteiger partial charge in [-0.05, 0) is 55.5 Å². The summed E-state index contributed by atoms with van der Waals surface area (Å²) < 4.78 is 14.4. The smallest absolute Gasteiger partial charge is 0.261 e. The normalized spacial score (nSPS) is 13.5. The molecule has 3 rings (SSSR count). The molecule has 1 aliphatic carbocycles. The van der Waals surface area contributed by atoms with Gasteiger partial charge in [0.05, 0.1) is 9.88 Å². The molecule has 4 nitrogen and oxygen atoms in total. The predicted octanol–water partition coefficient (Wildman–Crippen LogP) is 4.36. The van der Waals surface area contributed by atoms with Crippen LogP contribution in [-0.4, -0.2) is 18.4 Å². The van der Waals surface area contributed by atoms with Crippen molar-refractivity contribution in [3.05, 3.63) is 51.1 Å². The zero-order valence-corrected chi connectivity index (χ0v) is 15.9. The summed E-state index contributed by atoms with van der Waals surface area (Å²) in [4.78, 5) is 24.4. The summed E-state index contributed by atoms with van der Waals surface area (Å²) >= 11 is 4.49. The molecular weight excluding hydrogens is 407 g/mol. The monoisotopic (exact) mass is 424 g/mol. The number of aryl methyl sites for hydroxylation is 1. The number of anilines is 1.